The van der Waals surface area contributed by atoms with Gasteiger partial charge in [-0.3, -0.25) is 9.69 Å². The summed E-state index contributed by atoms with van der Waals surface area (Å²) in [7, 11) is -3.62. The summed E-state index contributed by atoms with van der Waals surface area (Å²) in [6, 6.07) is 20.3. The third-order valence-electron chi connectivity index (χ3n) is 5.55. The molecule has 0 aliphatic carbocycles. The molecule has 0 saturated carbocycles. The fourth-order valence-corrected chi connectivity index (χ4v) is 5.54. The van der Waals surface area contributed by atoms with Crippen LogP contribution in [0.5, 0.6) is 0 Å². The van der Waals surface area contributed by atoms with Gasteiger partial charge >= 0.3 is 0 Å². The standard InChI is InChI=1S/C24H27N3O3S2/c28-24(27-14-5-13-26(15-16-27)19-20-6-2-1-3-7-20)21-9-11-23(12-10-21)32(29,30)25-18-22-8-4-17-31-22/h1-4,6-12,17,25H,5,13-16,18-19H2. The average molecular weight is 470 g/mol. The molecule has 0 spiro atoms. The molecule has 0 unspecified atom stereocenters. The van der Waals surface area contributed by atoms with Crippen molar-refractivity contribution in [2.24, 2.45) is 0 Å². The molecule has 1 aliphatic heterocycles. The van der Waals surface area contributed by atoms with Crippen LogP contribution in [0.1, 0.15) is 27.2 Å². The molecule has 1 aliphatic rings. The molecule has 1 saturated heterocycles. The number of nitrogens with one attached hydrogen (secondary N) is 1. The van der Waals surface area contributed by atoms with Gasteiger partial charge in [-0.05, 0) is 47.7 Å². The molecular formula is C24H27N3O3S2. The van der Waals surface area contributed by atoms with Crippen molar-refractivity contribution >= 4 is 27.3 Å². The van der Waals surface area contributed by atoms with Crippen molar-refractivity contribution in [3.8, 4) is 0 Å². The van der Waals surface area contributed by atoms with Gasteiger partial charge in [0, 0.05) is 49.7 Å². The van der Waals surface area contributed by atoms with Crippen LogP contribution in [-0.4, -0.2) is 50.3 Å². The maximum atomic E-state index is 13.0. The summed E-state index contributed by atoms with van der Waals surface area (Å²) in [6.07, 6.45) is 0.914. The minimum atomic E-state index is -3.62. The molecule has 1 aromatic heterocycles. The Morgan fingerprint density at radius 1 is 0.906 bits per heavy atom. The van der Waals surface area contributed by atoms with Crippen molar-refractivity contribution in [1.82, 2.24) is 14.5 Å². The van der Waals surface area contributed by atoms with Gasteiger partial charge in [-0.1, -0.05) is 36.4 Å². The van der Waals surface area contributed by atoms with Crippen molar-refractivity contribution < 1.29 is 13.2 Å². The van der Waals surface area contributed by atoms with Crippen LogP contribution < -0.4 is 4.72 Å². The summed E-state index contributed by atoms with van der Waals surface area (Å²) >= 11 is 1.50. The molecule has 168 valence electrons. The van der Waals surface area contributed by atoms with E-state index in [1.165, 1.54) is 29.0 Å². The molecule has 2 heterocycles. The second-order valence-corrected chi connectivity index (χ2v) is 10.6. The Morgan fingerprint density at radius 2 is 1.69 bits per heavy atom. The molecule has 0 radical (unpaired) electrons. The second-order valence-electron chi connectivity index (χ2n) is 7.84. The third kappa shape index (κ3) is 5.83. The van der Waals surface area contributed by atoms with E-state index in [1.54, 1.807) is 12.1 Å². The lowest BCUT2D eigenvalue weighted by molar-refractivity contribution is 0.0761. The van der Waals surface area contributed by atoms with Crippen LogP contribution in [0.15, 0.2) is 77.0 Å². The largest absolute Gasteiger partial charge is 0.337 e. The lowest BCUT2D eigenvalue weighted by Crippen LogP contribution is -2.35. The fourth-order valence-electron chi connectivity index (χ4n) is 3.80. The van der Waals surface area contributed by atoms with E-state index >= 15 is 0 Å². The number of sulfonamides is 1. The van der Waals surface area contributed by atoms with E-state index in [0.717, 1.165) is 30.9 Å². The number of hydrogen-bond acceptors (Lipinski definition) is 5. The van der Waals surface area contributed by atoms with Crippen LogP contribution in [0.4, 0.5) is 0 Å². The molecule has 8 heteroatoms. The summed E-state index contributed by atoms with van der Waals surface area (Å²) < 4.78 is 27.7. The number of nitrogens with zero attached hydrogens (tertiary/aromatic N) is 2. The number of amides is 1. The Bertz CT molecular complexity index is 1120. The topological polar surface area (TPSA) is 69.7 Å². The average Bonchev–Trinajstić information content (AvgIpc) is 3.24. The second kappa shape index (κ2) is 10.4. The van der Waals surface area contributed by atoms with E-state index in [0.29, 0.717) is 18.7 Å². The molecule has 1 fully saturated rings. The number of hydrogen-bond donors (Lipinski definition) is 1. The molecule has 1 amide bonds. The smallest absolute Gasteiger partial charge is 0.253 e. The molecule has 4 rings (SSSR count). The van der Waals surface area contributed by atoms with Crippen LogP contribution >= 0.6 is 11.3 Å². The van der Waals surface area contributed by atoms with Gasteiger partial charge < -0.3 is 4.90 Å². The third-order valence-corrected chi connectivity index (χ3v) is 7.85. The van der Waals surface area contributed by atoms with Crippen LogP contribution in [0, 0.1) is 0 Å². The predicted molar refractivity (Wildman–Crippen MR) is 127 cm³/mol. The first-order valence-electron chi connectivity index (χ1n) is 10.7. The van der Waals surface area contributed by atoms with Gasteiger partial charge in [0.1, 0.15) is 0 Å². The van der Waals surface area contributed by atoms with Gasteiger partial charge in [0.2, 0.25) is 10.0 Å². The fraction of sp³-hybridized carbons (Fsp3) is 0.292. The highest BCUT2D eigenvalue weighted by Crippen LogP contribution is 2.16. The van der Waals surface area contributed by atoms with Crippen molar-refractivity contribution in [2.75, 3.05) is 26.2 Å². The number of carbonyl (C=O) groups excluding carboxylic acids is 1. The maximum absolute atomic E-state index is 13.0. The number of benzene rings is 2. The van der Waals surface area contributed by atoms with E-state index in [1.807, 2.05) is 40.6 Å². The molecule has 6 nitrogen and oxygen atoms in total. The monoisotopic (exact) mass is 469 g/mol. The predicted octanol–water partition coefficient (Wildman–Crippen LogP) is 3.57. The van der Waals surface area contributed by atoms with Crippen LogP contribution in [0.2, 0.25) is 0 Å². The highest BCUT2D eigenvalue weighted by molar-refractivity contribution is 7.89. The molecular weight excluding hydrogens is 442 g/mol. The van der Waals surface area contributed by atoms with Gasteiger partial charge in [0.05, 0.1) is 4.90 Å². The van der Waals surface area contributed by atoms with E-state index < -0.39 is 10.0 Å². The molecule has 32 heavy (non-hydrogen) atoms. The van der Waals surface area contributed by atoms with Gasteiger partial charge in [-0.25, -0.2) is 13.1 Å². The number of thiophene rings is 1. The normalized spacial score (nSPS) is 15.4. The molecule has 2 aromatic carbocycles. The van der Waals surface area contributed by atoms with Crippen LogP contribution in [-0.2, 0) is 23.1 Å². The summed E-state index contributed by atoms with van der Waals surface area (Å²) in [5.74, 6) is -0.0537. The SMILES string of the molecule is O=C(c1ccc(S(=O)(=O)NCc2cccs2)cc1)N1CCCN(Cc2ccccc2)CC1. The molecule has 3 aromatic rings. The summed E-state index contributed by atoms with van der Waals surface area (Å²) in [4.78, 5) is 18.4. The van der Waals surface area contributed by atoms with E-state index in [2.05, 4.69) is 21.8 Å². The van der Waals surface area contributed by atoms with Crippen LogP contribution in [0.25, 0.3) is 0 Å². The van der Waals surface area contributed by atoms with Gasteiger partial charge in [-0.2, -0.15) is 0 Å². The minimum absolute atomic E-state index is 0.0537. The van der Waals surface area contributed by atoms with Crippen molar-refractivity contribution in [2.45, 2.75) is 24.4 Å². The number of carbonyl (C=O) groups is 1. The van der Waals surface area contributed by atoms with E-state index in [9.17, 15) is 13.2 Å². The Hall–Kier alpha value is -2.52. The Kier molecular flexibility index (Phi) is 7.36. The Balaban J connectivity index is 1.35. The lowest BCUT2D eigenvalue weighted by atomic mass is 10.2. The zero-order valence-corrected chi connectivity index (χ0v) is 19.4. The minimum Gasteiger partial charge on any atom is -0.337 e. The van der Waals surface area contributed by atoms with Crippen molar-refractivity contribution in [1.29, 1.82) is 0 Å². The van der Waals surface area contributed by atoms with Gasteiger partial charge in [-0.15, -0.1) is 11.3 Å². The highest BCUT2D eigenvalue weighted by atomic mass is 32.2. The highest BCUT2D eigenvalue weighted by Gasteiger charge is 2.21. The Morgan fingerprint density at radius 3 is 2.41 bits per heavy atom. The summed E-state index contributed by atoms with van der Waals surface area (Å²) in [5, 5.41) is 1.91. The molecule has 0 atom stereocenters. The molecule has 1 N–H and O–H groups in total. The van der Waals surface area contributed by atoms with E-state index in [4.69, 9.17) is 0 Å². The first kappa shape index (κ1) is 22.7. The first-order valence-corrected chi connectivity index (χ1v) is 13.1. The molecule has 0 bridgehead atoms. The first-order chi connectivity index (χ1) is 15.5. The quantitative estimate of drug-likeness (QED) is 0.574. The number of rotatable bonds is 7. The zero-order chi connectivity index (χ0) is 22.4. The van der Waals surface area contributed by atoms with Gasteiger partial charge in [0.25, 0.3) is 5.91 Å². The summed E-state index contributed by atoms with van der Waals surface area (Å²) in [5.41, 5.74) is 1.79. The lowest BCUT2D eigenvalue weighted by Gasteiger charge is -2.22. The van der Waals surface area contributed by atoms with E-state index in [-0.39, 0.29) is 17.3 Å². The van der Waals surface area contributed by atoms with Crippen molar-refractivity contribution in [3.05, 3.63) is 88.1 Å². The summed E-state index contributed by atoms with van der Waals surface area (Å²) in [6.45, 7) is 4.27. The van der Waals surface area contributed by atoms with Crippen molar-refractivity contribution in [3.63, 3.8) is 0 Å². The van der Waals surface area contributed by atoms with Crippen LogP contribution in [0.3, 0.4) is 0 Å². The maximum Gasteiger partial charge on any atom is 0.253 e. The van der Waals surface area contributed by atoms with Gasteiger partial charge in [0.15, 0.2) is 0 Å². The zero-order valence-electron chi connectivity index (χ0n) is 17.8. The Labute approximate surface area is 193 Å².